The van der Waals surface area contributed by atoms with Crippen molar-refractivity contribution in [3.8, 4) is 5.75 Å². The predicted molar refractivity (Wildman–Crippen MR) is 69.1 cm³/mol. The number of para-hydroxylation sites is 1. The van der Waals surface area contributed by atoms with Crippen LogP contribution in [0.1, 0.15) is 12.5 Å². The monoisotopic (exact) mass is 233 g/mol. The maximum atomic E-state index is 11.7. The van der Waals surface area contributed by atoms with Crippen molar-refractivity contribution < 1.29 is 9.53 Å². The molecular weight excluding hydrogens is 214 g/mol. The summed E-state index contributed by atoms with van der Waals surface area (Å²) in [6, 6.07) is 7.67. The van der Waals surface area contributed by atoms with E-state index in [1.165, 1.54) is 6.08 Å². The first-order chi connectivity index (χ1) is 8.00. The molecule has 92 valence electrons. The van der Waals surface area contributed by atoms with Crippen LogP contribution in [-0.4, -0.2) is 30.9 Å². The standard InChI is InChI=1S/C14H19NO2/c1-11-7-5-6-8-14(11)17-12(2)13(16)9-10-15(3)4/h5-10,12H,1-4H3. The molecule has 1 aromatic carbocycles. The number of carbonyl (C=O) groups excluding carboxylic acids is 1. The molecule has 0 fully saturated rings. The van der Waals surface area contributed by atoms with Crippen molar-refractivity contribution in [2.75, 3.05) is 14.1 Å². The van der Waals surface area contributed by atoms with Gasteiger partial charge in [0.1, 0.15) is 5.75 Å². The van der Waals surface area contributed by atoms with Crippen molar-refractivity contribution >= 4 is 5.78 Å². The lowest BCUT2D eigenvalue weighted by molar-refractivity contribution is -0.120. The summed E-state index contributed by atoms with van der Waals surface area (Å²) in [6.07, 6.45) is 2.79. The average Bonchev–Trinajstić information content (AvgIpc) is 2.28. The molecule has 0 aliphatic carbocycles. The molecule has 3 heteroatoms. The predicted octanol–water partition coefficient (Wildman–Crippen LogP) is 2.41. The number of hydrogen-bond acceptors (Lipinski definition) is 3. The van der Waals surface area contributed by atoms with Crippen molar-refractivity contribution in [2.24, 2.45) is 0 Å². The van der Waals surface area contributed by atoms with Crippen LogP contribution in [0.25, 0.3) is 0 Å². The number of ether oxygens (including phenoxy) is 1. The van der Waals surface area contributed by atoms with Crippen LogP contribution in [0.15, 0.2) is 36.5 Å². The summed E-state index contributed by atoms with van der Waals surface area (Å²) in [5.41, 5.74) is 1.03. The maximum Gasteiger partial charge on any atom is 0.197 e. The van der Waals surface area contributed by atoms with Gasteiger partial charge in [0.2, 0.25) is 0 Å². The number of rotatable bonds is 5. The van der Waals surface area contributed by atoms with Gasteiger partial charge >= 0.3 is 0 Å². The van der Waals surface area contributed by atoms with Gasteiger partial charge in [0.15, 0.2) is 11.9 Å². The molecule has 1 atom stereocenters. The van der Waals surface area contributed by atoms with E-state index in [2.05, 4.69) is 0 Å². The third kappa shape index (κ3) is 4.31. The quantitative estimate of drug-likeness (QED) is 0.731. The minimum absolute atomic E-state index is 0.0399. The van der Waals surface area contributed by atoms with Crippen LogP contribution in [0.3, 0.4) is 0 Å². The number of ketones is 1. The van der Waals surface area contributed by atoms with E-state index in [9.17, 15) is 4.79 Å². The summed E-state index contributed by atoms with van der Waals surface area (Å²) in [5.74, 6) is 0.716. The second-order valence-corrected chi connectivity index (χ2v) is 4.21. The van der Waals surface area contributed by atoms with E-state index in [4.69, 9.17) is 4.74 Å². The Morgan fingerprint density at radius 3 is 2.59 bits per heavy atom. The van der Waals surface area contributed by atoms with Gasteiger partial charge in [-0.25, -0.2) is 0 Å². The highest BCUT2D eigenvalue weighted by atomic mass is 16.5. The van der Waals surface area contributed by atoms with Gasteiger partial charge in [-0.15, -0.1) is 0 Å². The van der Waals surface area contributed by atoms with Crippen LogP contribution in [-0.2, 0) is 4.79 Å². The van der Waals surface area contributed by atoms with Gasteiger partial charge in [0.25, 0.3) is 0 Å². The zero-order valence-corrected chi connectivity index (χ0v) is 10.8. The van der Waals surface area contributed by atoms with Crippen LogP contribution >= 0.6 is 0 Å². The molecule has 1 aromatic rings. The molecule has 0 aromatic heterocycles. The van der Waals surface area contributed by atoms with Gasteiger partial charge < -0.3 is 9.64 Å². The first kappa shape index (κ1) is 13.3. The van der Waals surface area contributed by atoms with E-state index < -0.39 is 6.10 Å². The molecule has 0 saturated carbocycles. The molecule has 3 nitrogen and oxygen atoms in total. The van der Waals surface area contributed by atoms with E-state index in [-0.39, 0.29) is 5.78 Å². The Labute approximate surface area is 103 Å². The lowest BCUT2D eigenvalue weighted by atomic mass is 10.2. The van der Waals surface area contributed by atoms with Crippen LogP contribution < -0.4 is 4.74 Å². The summed E-state index contributed by atoms with van der Waals surface area (Å²) in [4.78, 5) is 13.5. The molecule has 17 heavy (non-hydrogen) atoms. The maximum absolute atomic E-state index is 11.7. The van der Waals surface area contributed by atoms with Crippen LogP contribution in [0, 0.1) is 6.92 Å². The molecule has 1 unspecified atom stereocenters. The van der Waals surface area contributed by atoms with Gasteiger partial charge in [-0.3, -0.25) is 4.79 Å². The van der Waals surface area contributed by atoms with Crippen LogP contribution in [0.4, 0.5) is 0 Å². The van der Waals surface area contributed by atoms with Crippen LogP contribution in [0.2, 0.25) is 0 Å². The first-order valence-corrected chi connectivity index (χ1v) is 5.61. The van der Waals surface area contributed by atoms with Crippen molar-refractivity contribution in [1.82, 2.24) is 4.90 Å². The lowest BCUT2D eigenvalue weighted by Gasteiger charge is -2.14. The Kier molecular flexibility index (Phi) is 4.76. The van der Waals surface area contributed by atoms with Gasteiger partial charge in [-0.1, -0.05) is 18.2 Å². The van der Waals surface area contributed by atoms with Crippen molar-refractivity contribution in [1.29, 1.82) is 0 Å². The smallest absolute Gasteiger partial charge is 0.197 e. The second-order valence-electron chi connectivity index (χ2n) is 4.21. The summed E-state index contributed by atoms with van der Waals surface area (Å²) in [7, 11) is 3.74. The van der Waals surface area contributed by atoms with E-state index in [0.717, 1.165) is 11.3 Å². The zero-order chi connectivity index (χ0) is 12.8. The zero-order valence-electron chi connectivity index (χ0n) is 10.8. The van der Waals surface area contributed by atoms with E-state index in [1.54, 1.807) is 13.1 Å². The minimum atomic E-state index is -0.465. The fourth-order valence-corrected chi connectivity index (χ4v) is 1.30. The number of benzene rings is 1. The molecule has 0 spiro atoms. The molecule has 0 aliphatic heterocycles. The molecule has 0 saturated heterocycles. The van der Waals surface area contributed by atoms with Crippen molar-refractivity contribution in [2.45, 2.75) is 20.0 Å². The molecule has 0 bridgehead atoms. The molecule has 0 radical (unpaired) electrons. The van der Waals surface area contributed by atoms with E-state index in [0.29, 0.717) is 0 Å². The largest absolute Gasteiger partial charge is 0.482 e. The fraction of sp³-hybridized carbons (Fsp3) is 0.357. The number of carbonyl (C=O) groups is 1. The third-order valence-electron chi connectivity index (χ3n) is 2.33. The van der Waals surface area contributed by atoms with Gasteiger partial charge in [-0.05, 0) is 25.5 Å². The molecule has 1 rings (SSSR count). The van der Waals surface area contributed by atoms with Crippen molar-refractivity contribution in [3.05, 3.63) is 42.1 Å². The Hall–Kier alpha value is -1.77. The molecular formula is C14H19NO2. The van der Waals surface area contributed by atoms with Gasteiger partial charge in [0, 0.05) is 26.4 Å². The Morgan fingerprint density at radius 2 is 2.00 bits per heavy atom. The number of nitrogens with zero attached hydrogens (tertiary/aromatic N) is 1. The Bertz CT molecular complexity index is 410. The van der Waals surface area contributed by atoms with Crippen LogP contribution in [0.5, 0.6) is 5.75 Å². The fourth-order valence-electron chi connectivity index (χ4n) is 1.30. The third-order valence-corrected chi connectivity index (χ3v) is 2.33. The minimum Gasteiger partial charge on any atom is -0.482 e. The Morgan fingerprint density at radius 1 is 1.35 bits per heavy atom. The van der Waals surface area contributed by atoms with E-state index >= 15 is 0 Å². The van der Waals surface area contributed by atoms with Gasteiger partial charge in [-0.2, -0.15) is 0 Å². The first-order valence-electron chi connectivity index (χ1n) is 5.61. The number of hydrogen-bond donors (Lipinski definition) is 0. The highest BCUT2D eigenvalue weighted by Crippen LogP contribution is 2.18. The topological polar surface area (TPSA) is 29.5 Å². The molecule has 0 aliphatic rings. The summed E-state index contributed by atoms with van der Waals surface area (Å²) in [6.45, 7) is 3.72. The summed E-state index contributed by atoms with van der Waals surface area (Å²) in [5, 5.41) is 0. The number of aryl methyl sites for hydroxylation is 1. The normalized spacial score (nSPS) is 12.5. The lowest BCUT2D eigenvalue weighted by Crippen LogP contribution is -2.22. The second kappa shape index (κ2) is 6.09. The SMILES string of the molecule is Cc1ccccc1OC(C)C(=O)C=CN(C)C. The molecule has 0 heterocycles. The molecule has 0 N–H and O–H groups in total. The molecule has 0 amide bonds. The van der Waals surface area contributed by atoms with Gasteiger partial charge in [0.05, 0.1) is 0 Å². The van der Waals surface area contributed by atoms with E-state index in [1.807, 2.05) is 50.2 Å². The van der Waals surface area contributed by atoms with Crippen molar-refractivity contribution in [3.63, 3.8) is 0 Å². The average molecular weight is 233 g/mol. The Balaban J connectivity index is 2.63. The highest BCUT2D eigenvalue weighted by molar-refractivity contribution is 5.93. The summed E-state index contributed by atoms with van der Waals surface area (Å²) >= 11 is 0. The summed E-state index contributed by atoms with van der Waals surface area (Å²) < 4.78 is 5.62. The highest BCUT2D eigenvalue weighted by Gasteiger charge is 2.12.